The smallest absolute Gasteiger partial charge is 0.338 e. The number of carbonyl (C=O) groups excluding carboxylic acids is 1. The molecule has 1 aromatic heterocycles. The lowest BCUT2D eigenvalue weighted by molar-refractivity contribution is -0.139. The Morgan fingerprint density at radius 1 is 1.25 bits per heavy atom. The van der Waals surface area contributed by atoms with E-state index in [1.165, 1.54) is 15.9 Å². The molecule has 0 spiro atoms. The summed E-state index contributed by atoms with van der Waals surface area (Å²) in [5.41, 5.74) is 1.91. The number of thiazole rings is 1. The molecule has 0 bridgehead atoms. The zero-order valence-corrected chi connectivity index (χ0v) is 23.5. The lowest BCUT2D eigenvalue weighted by atomic mass is 9.95. The minimum absolute atomic E-state index is 0.116. The number of ether oxygens (including phenoxy) is 4. The van der Waals surface area contributed by atoms with Gasteiger partial charge in [-0.15, -0.1) is 0 Å². The van der Waals surface area contributed by atoms with Crippen LogP contribution in [0.1, 0.15) is 31.0 Å². The zero-order chi connectivity index (χ0) is 25.6. The third-order valence-electron chi connectivity index (χ3n) is 5.76. The quantitative estimate of drug-likeness (QED) is 0.393. The first-order valence-corrected chi connectivity index (χ1v) is 13.3. The lowest BCUT2D eigenvalue weighted by Crippen LogP contribution is -2.39. The molecule has 1 atom stereocenters. The standard InChI is InChI=1S/C25H20Br2N2O6S/c1-4-33-24(31)20-12(2)28-25-29(21(20)13-5-6-17-18(8-13)35-11-34-17)23(30)19(36-25)9-14-7-15(26)10-16(27)22(14)32-3/h5-10,21H,4,11H2,1-3H3/b19-9-/t21-/m0/s1. The molecule has 11 heteroatoms. The molecule has 2 aliphatic rings. The van der Waals surface area contributed by atoms with E-state index in [1.807, 2.05) is 18.2 Å². The Bertz CT molecular complexity index is 1610. The largest absolute Gasteiger partial charge is 0.495 e. The summed E-state index contributed by atoms with van der Waals surface area (Å²) in [5, 5.41) is 0. The predicted octanol–water partition coefficient (Wildman–Crippen LogP) is 4.06. The highest BCUT2D eigenvalue weighted by atomic mass is 79.9. The van der Waals surface area contributed by atoms with E-state index >= 15 is 0 Å². The van der Waals surface area contributed by atoms with Crippen LogP contribution in [0.25, 0.3) is 6.08 Å². The van der Waals surface area contributed by atoms with Gasteiger partial charge in [0.05, 0.1) is 40.0 Å². The van der Waals surface area contributed by atoms with Crippen LogP contribution in [0, 0.1) is 0 Å². The van der Waals surface area contributed by atoms with Crippen molar-refractivity contribution in [1.29, 1.82) is 0 Å². The first kappa shape index (κ1) is 24.8. The second kappa shape index (κ2) is 9.87. The summed E-state index contributed by atoms with van der Waals surface area (Å²) >= 11 is 8.24. The van der Waals surface area contributed by atoms with Crippen LogP contribution < -0.4 is 29.1 Å². The van der Waals surface area contributed by atoms with Crippen LogP contribution in [0.3, 0.4) is 0 Å². The molecule has 0 N–H and O–H groups in total. The predicted molar refractivity (Wildman–Crippen MR) is 141 cm³/mol. The molecule has 2 aromatic carbocycles. The van der Waals surface area contributed by atoms with Crippen molar-refractivity contribution >= 4 is 55.2 Å². The maximum Gasteiger partial charge on any atom is 0.338 e. The van der Waals surface area contributed by atoms with Gasteiger partial charge in [-0.3, -0.25) is 9.36 Å². The highest BCUT2D eigenvalue weighted by Gasteiger charge is 2.34. The van der Waals surface area contributed by atoms with Crippen LogP contribution >= 0.6 is 43.2 Å². The van der Waals surface area contributed by atoms with Gasteiger partial charge in [-0.25, -0.2) is 9.79 Å². The summed E-state index contributed by atoms with van der Waals surface area (Å²) in [5.74, 6) is 1.24. The summed E-state index contributed by atoms with van der Waals surface area (Å²) < 4.78 is 25.5. The van der Waals surface area contributed by atoms with E-state index in [9.17, 15) is 9.59 Å². The van der Waals surface area contributed by atoms with Crippen LogP contribution in [-0.4, -0.2) is 31.0 Å². The Morgan fingerprint density at radius 2 is 2.03 bits per heavy atom. The van der Waals surface area contributed by atoms with Gasteiger partial charge in [-0.05, 0) is 65.7 Å². The Kier molecular flexibility index (Phi) is 6.80. The summed E-state index contributed by atoms with van der Waals surface area (Å²) in [6.45, 7) is 3.80. The molecule has 186 valence electrons. The second-order valence-electron chi connectivity index (χ2n) is 7.93. The number of rotatable bonds is 5. The van der Waals surface area contributed by atoms with Gasteiger partial charge in [0, 0.05) is 10.0 Å². The number of carbonyl (C=O) groups is 1. The van der Waals surface area contributed by atoms with E-state index in [1.54, 1.807) is 39.2 Å². The van der Waals surface area contributed by atoms with Crippen molar-refractivity contribution in [2.24, 2.45) is 4.99 Å². The van der Waals surface area contributed by atoms with E-state index in [2.05, 4.69) is 36.9 Å². The van der Waals surface area contributed by atoms with Crippen molar-refractivity contribution in [3.63, 3.8) is 0 Å². The average Bonchev–Trinajstić information content (AvgIpc) is 3.42. The molecule has 0 amide bonds. The molecular formula is C25H20Br2N2O6S. The van der Waals surface area contributed by atoms with E-state index in [0.29, 0.717) is 49.0 Å². The van der Waals surface area contributed by atoms with Crippen molar-refractivity contribution in [3.05, 3.63) is 81.4 Å². The van der Waals surface area contributed by atoms with E-state index < -0.39 is 12.0 Å². The fraction of sp³-hybridized carbons (Fsp3) is 0.240. The second-order valence-corrected chi connectivity index (χ2v) is 10.7. The summed E-state index contributed by atoms with van der Waals surface area (Å²) in [6.07, 6.45) is 1.76. The molecule has 36 heavy (non-hydrogen) atoms. The van der Waals surface area contributed by atoms with Crippen molar-refractivity contribution in [3.8, 4) is 17.2 Å². The van der Waals surface area contributed by atoms with E-state index in [-0.39, 0.29) is 19.0 Å². The number of hydrogen-bond donors (Lipinski definition) is 0. The molecule has 0 saturated heterocycles. The monoisotopic (exact) mass is 634 g/mol. The average molecular weight is 636 g/mol. The summed E-state index contributed by atoms with van der Waals surface area (Å²) in [7, 11) is 1.57. The topological polar surface area (TPSA) is 88.4 Å². The Hall–Kier alpha value is -2.89. The molecule has 2 aliphatic heterocycles. The molecule has 0 radical (unpaired) electrons. The Balaban J connectivity index is 1.75. The number of hydrogen-bond acceptors (Lipinski definition) is 8. The highest BCUT2D eigenvalue weighted by Crippen LogP contribution is 2.38. The van der Waals surface area contributed by atoms with Crippen LogP contribution in [0.5, 0.6) is 17.2 Å². The van der Waals surface area contributed by atoms with Gasteiger partial charge in [-0.2, -0.15) is 0 Å². The van der Waals surface area contributed by atoms with Crippen LogP contribution in [0.15, 0.2) is 60.3 Å². The Labute approximate surface area is 226 Å². The Morgan fingerprint density at radius 3 is 2.78 bits per heavy atom. The first-order valence-electron chi connectivity index (χ1n) is 10.9. The van der Waals surface area contributed by atoms with Crippen LogP contribution in [0.4, 0.5) is 0 Å². The zero-order valence-electron chi connectivity index (χ0n) is 19.5. The van der Waals surface area contributed by atoms with Crippen molar-refractivity contribution in [2.75, 3.05) is 20.5 Å². The van der Waals surface area contributed by atoms with Gasteiger partial charge < -0.3 is 18.9 Å². The fourth-order valence-corrected chi connectivity index (χ4v) is 6.69. The highest BCUT2D eigenvalue weighted by molar-refractivity contribution is 9.11. The minimum Gasteiger partial charge on any atom is -0.495 e. The number of benzene rings is 2. The lowest BCUT2D eigenvalue weighted by Gasteiger charge is -2.24. The molecule has 3 aromatic rings. The maximum absolute atomic E-state index is 13.8. The van der Waals surface area contributed by atoms with Gasteiger partial charge >= 0.3 is 5.97 Å². The SMILES string of the molecule is CCOC(=O)C1=C(C)N=c2s/c(=C\c3cc(Br)cc(Br)c3OC)c(=O)n2[C@H]1c1ccc2c(c1)OCO2. The number of esters is 1. The molecule has 5 rings (SSSR count). The normalized spacial score (nSPS) is 16.6. The van der Waals surface area contributed by atoms with Gasteiger partial charge in [0.1, 0.15) is 5.75 Å². The molecule has 0 fully saturated rings. The molecule has 0 unspecified atom stereocenters. The van der Waals surface area contributed by atoms with Crippen molar-refractivity contribution < 1.29 is 23.7 Å². The van der Waals surface area contributed by atoms with Gasteiger partial charge in [0.2, 0.25) is 6.79 Å². The van der Waals surface area contributed by atoms with Gasteiger partial charge in [0.15, 0.2) is 16.3 Å². The van der Waals surface area contributed by atoms with Gasteiger partial charge in [-0.1, -0.05) is 33.3 Å². The maximum atomic E-state index is 13.8. The number of halogens is 2. The minimum atomic E-state index is -0.743. The van der Waals surface area contributed by atoms with Crippen molar-refractivity contribution in [1.82, 2.24) is 4.57 Å². The van der Waals surface area contributed by atoms with Crippen LogP contribution in [0.2, 0.25) is 0 Å². The van der Waals surface area contributed by atoms with Gasteiger partial charge in [0.25, 0.3) is 5.56 Å². The number of fused-ring (bicyclic) bond motifs is 2. The molecule has 0 aliphatic carbocycles. The molecule has 3 heterocycles. The fourth-order valence-electron chi connectivity index (χ4n) is 4.23. The van der Waals surface area contributed by atoms with E-state index in [4.69, 9.17) is 18.9 Å². The number of nitrogens with zero attached hydrogens (tertiary/aromatic N) is 2. The van der Waals surface area contributed by atoms with Crippen molar-refractivity contribution in [2.45, 2.75) is 19.9 Å². The molecular weight excluding hydrogens is 616 g/mol. The first-order chi connectivity index (χ1) is 17.3. The van der Waals surface area contributed by atoms with Crippen LogP contribution in [-0.2, 0) is 9.53 Å². The number of allylic oxidation sites excluding steroid dienone is 1. The summed E-state index contributed by atoms with van der Waals surface area (Å²) in [4.78, 5) is 32.0. The number of aromatic nitrogens is 1. The third-order valence-corrected chi connectivity index (χ3v) is 7.79. The third kappa shape index (κ3) is 4.29. The number of methoxy groups -OCH3 is 1. The summed E-state index contributed by atoms with van der Waals surface area (Å²) in [6, 6.07) is 8.38. The van der Waals surface area contributed by atoms with E-state index in [0.717, 1.165) is 8.95 Å². The molecule has 8 nitrogen and oxygen atoms in total. The molecule has 0 saturated carbocycles.